The van der Waals surface area contributed by atoms with E-state index >= 15 is 0 Å². The maximum Gasteiger partial charge on any atom is 0.335 e. The van der Waals surface area contributed by atoms with Gasteiger partial charge in [0.25, 0.3) is 11.8 Å². The molecule has 0 atom stereocenters. The van der Waals surface area contributed by atoms with E-state index in [9.17, 15) is 14.4 Å². The van der Waals surface area contributed by atoms with E-state index in [0.717, 1.165) is 33.1 Å². The molecule has 7 heteroatoms. The van der Waals surface area contributed by atoms with Crippen LogP contribution in [0.2, 0.25) is 5.02 Å². The summed E-state index contributed by atoms with van der Waals surface area (Å²) in [4.78, 5) is 39.3. The quantitative estimate of drug-likeness (QED) is 0.452. The lowest BCUT2D eigenvalue weighted by Crippen LogP contribution is -2.54. The summed E-state index contributed by atoms with van der Waals surface area (Å²) in [6.07, 6.45) is 1.54. The second-order valence-corrected chi connectivity index (χ2v) is 8.38. The van der Waals surface area contributed by atoms with Gasteiger partial charge in [0.15, 0.2) is 0 Å². The number of carbonyl (C=O) groups is 3. The fourth-order valence-electron chi connectivity index (χ4n) is 4.05. The number of nitrogens with one attached hydrogen (secondary N) is 1. The molecule has 0 bridgehead atoms. The summed E-state index contributed by atoms with van der Waals surface area (Å²) in [7, 11) is 0. The molecule has 4 amide bonds. The Labute approximate surface area is 191 Å². The van der Waals surface area contributed by atoms with Crippen molar-refractivity contribution in [1.82, 2.24) is 9.88 Å². The standard InChI is InChI=1S/C25H22ClN3O3/c1-14-9-15(2)11-21(10-14)29-24(31)22(23(30)27-25(29)32)13-18-12-16(3)28(17(18)4)20-7-5-19(26)6-8-20/h5-13H,1-4H3,(H,27,30,32)/b22-13+. The molecule has 1 aromatic heterocycles. The molecule has 1 saturated heterocycles. The lowest BCUT2D eigenvalue weighted by Gasteiger charge is -2.27. The van der Waals surface area contributed by atoms with Gasteiger partial charge in [-0.3, -0.25) is 14.9 Å². The van der Waals surface area contributed by atoms with Crippen LogP contribution in [0.3, 0.4) is 0 Å². The van der Waals surface area contributed by atoms with Crippen LogP contribution < -0.4 is 10.2 Å². The molecule has 1 N–H and O–H groups in total. The number of aryl methyl sites for hydroxylation is 3. The maximum absolute atomic E-state index is 13.2. The topological polar surface area (TPSA) is 71.4 Å². The van der Waals surface area contributed by atoms with Crippen molar-refractivity contribution in [3.05, 3.63) is 87.2 Å². The Bertz CT molecular complexity index is 1280. The molecular weight excluding hydrogens is 426 g/mol. The minimum Gasteiger partial charge on any atom is -0.318 e. The number of imide groups is 2. The first-order chi connectivity index (χ1) is 15.2. The van der Waals surface area contributed by atoms with Gasteiger partial charge in [-0.05, 0) is 92.9 Å². The molecule has 2 heterocycles. The Kier molecular flexibility index (Phi) is 5.48. The number of urea groups is 1. The van der Waals surface area contributed by atoms with Crippen LogP contribution in [0, 0.1) is 27.7 Å². The molecule has 0 saturated carbocycles. The highest BCUT2D eigenvalue weighted by molar-refractivity contribution is 6.39. The van der Waals surface area contributed by atoms with E-state index in [4.69, 9.17) is 11.6 Å². The van der Waals surface area contributed by atoms with E-state index in [-0.39, 0.29) is 5.57 Å². The molecule has 0 spiro atoms. The van der Waals surface area contributed by atoms with E-state index in [1.807, 2.05) is 56.5 Å². The zero-order valence-electron chi connectivity index (χ0n) is 18.2. The van der Waals surface area contributed by atoms with Crippen LogP contribution in [0.15, 0.2) is 54.1 Å². The summed E-state index contributed by atoms with van der Waals surface area (Å²) >= 11 is 6.01. The Hall–Kier alpha value is -3.64. The number of halogens is 1. The molecule has 2 aromatic carbocycles. The Morgan fingerprint density at radius 3 is 2.09 bits per heavy atom. The van der Waals surface area contributed by atoms with Crippen LogP contribution in [-0.2, 0) is 9.59 Å². The minimum absolute atomic E-state index is 0.0971. The highest BCUT2D eigenvalue weighted by atomic mass is 35.5. The Morgan fingerprint density at radius 1 is 0.844 bits per heavy atom. The van der Waals surface area contributed by atoms with Crippen LogP contribution in [-0.4, -0.2) is 22.4 Å². The van der Waals surface area contributed by atoms with Gasteiger partial charge in [-0.15, -0.1) is 0 Å². The van der Waals surface area contributed by atoms with Crippen LogP contribution in [0.4, 0.5) is 10.5 Å². The fraction of sp³-hybridized carbons (Fsp3) is 0.160. The first-order valence-corrected chi connectivity index (χ1v) is 10.5. The normalized spacial score (nSPS) is 15.5. The number of aromatic nitrogens is 1. The van der Waals surface area contributed by atoms with E-state index in [2.05, 4.69) is 5.32 Å². The smallest absolute Gasteiger partial charge is 0.318 e. The van der Waals surface area contributed by atoms with E-state index < -0.39 is 17.8 Å². The minimum atomic E-state index is -0.756. The molecule has 4 rings (SSSR count). The van der Waals surface area contributed by atoms with Crippen LogP contribution >= 0.6 is 11.6 Å². The summed E-state index contributed by atoms with van der Waals surface area (Å²) in [5, 5.41) is 2.92. The predicted octanol–water partition coefficient (Wildman–Crippen LogP) is 5.03. The average molecular weight is 448 g/mol. The average Bonchev–Trinajstić information content (AvgIpc) is 2.98. The molecule has 1 aliphatic heterocycles. The molecular formula is C25H22ClN3O3. The maximum atomic E-state index is 13.2. The molecule has 1 aliphatic rings. The molecule has 32 heavy (non-hydrogen) atoms. The van der Waals surface area contributed by atoms with Crippen molar-refractivity contribution in [1.29, 1.82) is 0 Å². The largest absolute Gasteiger partial charge is 0.335 e. The second kappa shape index (κ2) is 8.13. The van der Waals surface area contributed by atoms with Gasteiger partial charge in [0, 0.05) is 22.1 Å². The van der Waals surface area contributed by atoms with E-state index in [1.165, 1.54) is 6.08 Å². The molecule has 0 unspecified atom stereocenters. The van der Waals surface area contributed by atoms with Crippen LogP contribution in [0.1, 0.15) is 28.1 Å². The van der Waals surface area contributed by atoms with Crippen LogP contribution in [0.25, 0.3) is 11.8 Å². The third-order valence-corrected chi connectivity index (χ3v) is 5.67. The third-order valence-electron chi connectivity index (χ3n) is 5.42. The molecule has 0 aliphatic carbocycles. The lowest BCUT2D eigenvalue weighted by molar-refractivity contribution is -0.122. The van der Waals surface area contributed by atoms with Crippen molar-refractivity contribution in [2.24, 2.45) is 0 Å². The molecule has 3 aromatic rings. The number of anilines is 1. The van der Waals surface area contributed by atoms with Crippen molar-refractivity contribution < 1.29 is 14.4 Å². The highest BCUT2D eigenvalue weighted by Crippen LogP contribution is 2.27. The summed E-state index contributed by atoms with van der Waals surface area (Å²) in [6.45, 7) is 7.62. The fourth-order valence-corrected chi connectivity index (χ4v) is 4.17. The number of barbiturate groups is 1. The summed E-state index contributed by atoms with van der Waals surface area (Å²) in [5.74, 6) is -1.36. The predicted molar refractivity (Wildman–Crippen MR) is 125 cm³/mol. The molecule has 6 nitrogen and oxygen atoms in total. The molecule has 162 valence electrons. The monoisotopic (exact) mass is 447 g/mol. The SMILES string of the molecule is Cc1cc(C)cc(N2C(=O)NC(=O)/C(=C\c3cc(C)n(-c4ccc(Cl)cc4)c3C)C2=O)c1. The first-order valence-electron chi connectivity index (χ1n) is 10.1. The summed E-state index contributed by atoms with van der Waals surface area (Å²) < 4.78 is 2.01. The number of hydrogen-bond acceptors (Lipinski definition) is 3. The second-order valence-electron chi connectivity index (χ2n) is 7.94. The number of benzene rings is 2. The molecule has 1 fully saturated rings. The summed E-state index contributed by atoms with van der Waals surface area (Å²) in [5.41, 5.74) is 5.57. The van der Waals surface area contributed by atoms with Gasteiger partial charge in [-0.25, -0.2) is 9.69 Å². The number of carbonyl (C=O) groups excluding carboxylic acids is 3. The van der Waals surface area contributed by atoms with Gasteiger partial charge in [0.05, 0.1) is 5.69 Å². The van der Waals surface area contributed by atoms with Gasteiger partial charge in [-0.2, -0.15) is 0 Å². The van der Waals surface area contributed by atoms with Crippen molar-refractivity contribution in [2.45, 2.75) is 27.7 Å². The van der Waals surface area contributed by atoms with Crippen molar-refractivity contribution >= 4 is 41.2 Å². The van der Waals surface area contributed by atoms with Gasteiger partial charge < -0.3 is 4.57 Å². The van der Waals surface area contributed by atoms with Gasteiger partial charge in [0.1, 0.15) is 5.57 Å². The number of amides is 4. The van der Waals surface area contributed by atoms with Gasteiger partial charge in [0.2, 0.25) is 0 Å². The van der Waals surface area contributed by atoms with Crippen LogP contribution in [0.5, 0.6) is 0 Å². The Balaban J connectivity index is 1.77. The number of nitrogens with zero attached hydrogens (tertiary/aromatic N) is 2. The van der Waals surface area contributed by atoms with Crippen molar-refractivity contribution in [3.8, 4) is 5.69 Å². The third kappa shape index (κ3) is 3.85. The first kappa shape index (κ1) is 21.6. The van der Waals surface area contributed by atoms with Crippen molar-refractivity contribution in [2.75, 3.05) is 4.90 Å². The number of hydrogen-bond donors (Lipinski definition) is 1. The molecule has 0 radical (unpaired) electrons. The van der Waals surface area contributed by atoms with Gasteiger partial charge >= 0.3 is 6.03 Å². The van der Waals surface area contributed by atoms with E-state index in [1.54, 1.807) is 24.3 Å². The van der Waals surface area contributed by atoms with Crippen molar-refractivity contribution in [3.63, 3.8) is 0 Å². The lowest BCUT2D eigenvalue weighted by atomic mass is 10.1. The Morgan fingerprint density at radius 2 is 1.47 bits per heavy atom. The number of rotatable bonds is 3. The zero-order valence-corrected chi connectivity index (χ0v) is 18.9. The van der Waals surface area contributed by atoms with E-state index in [0.29, 0.717) is 16.3 Å². The highest BCUT2D eigenvalue weighted by Gasteiger charge is 2.37. The van der Waals surface area contributed by atoms with Gasteiger partial charge in [-0.1, -0.05) is 17.7 Å². The summed E-state index contributed by atoms with van der Waals surface area (Å²) in [6, 6.07) is 14.0. The zero-order chi connectivity index (χ0) is 23.2.